The van der Waals surface area contributed by atoms with Crippen LogP contribution in [0.1, 0.15) is 12.5 Å². The fourth-order valence-electron chi connectivity index (χ4n) is 1.34. The van der Waals surface area contributed by atoms with Crippen molar-refractivity contribution in [3.05, 3.63) is 53.8 Å². The number of carbonyl (C=O) groups is 1. The van der Waals surface area contributed by atoms with Gasteiger partial charge in [-0.05, 0) is 24.6 Å². The Morgan fingerprint density at radius 1 is 1.26 bits per heavy atom. The number of benzene rings is 1. The van der Waals surface area contributed by atoms with Gasteiger partial charge in [-0.15, -0.1) is 0 Å². The molecule has 0 aliphatic rings. The second-order valence-corrected chi connectivity index (χ2v) is 4.29. The first kappa shape index (κ1) is 15.2. The van der Waals surface area contributed by atoms with Gasteiger partial charge in [0, 0.05) is 15.8 Å². The highest BCUT2D eigenvalue weighted by Crippen LogP contribution is 2.07. The summed E-state index contributed by atoms with van der Waals surface area (Å²) >= 11 is 0. The molecule has 0 aliphatic carbocycles. The van der Waals surface area contributed by atoms with E-state index in [-0.39, 0.29) is 12.6 Å². The first-order chi connectivity index (χ1) is 9.13. The zero-order chi connectivity index (χ0) is 14.1. The maximum atomic E-state index is 11.7. The van der Waals surface area contributed by atoms with Crippen molar-refractivity contribution < 1.29 is 14.3 Å². The van der Waals surface area contributed by atoms with Crippen molar-refractivity contribution in [2.45, 2.75) is 13.0 Å². The third-order valence-corrected chi connectivity index (χ3v) is 2.72. The molecule has 99 valence electrons. The molecule has 0 heterocycles. The Balaban J connectivity index is 2.37. The highest BCUT2D eigenvalue weighted by molar-refractivity contribution is 6.09. The van der Waals surface area contributed by atoms with Gasteiger partial charge in [-0.25, -0.2) is 4.79 Å². The molecule has 1 aromatic rings. The average Bonchev–Trinajstić information content (AvgIpc) is 2.44. The third-order valence-electron chi connectivity index (χ3n) is 2.32. The van der Waals surface area contributed by atoms with E-state index in [1.165, 1.54) is 0 Å². The highest BCUT2D eigenvalue weighted by atomic mass is 28.1. The van der Waals surface area contributed by atoms with Crippen molar-refractivity contribution in [1.82, 2.24) is 0 Å². The third kappa shape index (κ3) is 6.06. The Labute approximate surface area is 117 Å². The molecule has 1 aromatic carbocycles. The second-order valence-electron chi connectivity index (χ2n) is 3.94. The smallest absolute Gasteiger partial charge is 0.333 e. The van der Waals surface area contributed by atoms with E-state index in [9.17, 15) is 4.79 Å². The van der Waals surface area contributed by atoms with Crippen LogP contribution in [0.25, 0.3) is 6.08 Å². The summed E-state index contributed by atoms with van der Waals surface area (Å²) in [5.74, 6) is 0.278. The molecule has 0 fully saturated rings. The largest absolute Gasteiger partial charge is 0.495 e. The fraction of sp³-hybridized carbons (Fsp3) is 0.267. The molecule has 0 aliphatic heterocycles. The lowest BCUT2D eigenvalue weighted by Gasteiger charge is -2.08. The minimum Gasteiger partial charge on any atom is -0.495 e. The molecule has 0 aromatic heterocycles. The van der Waals surface area contributed by atoms with Crippen LogP contribution in [-0.4, -0.2) is 29.4 Å². The standard InChI is InChI=1S/C15H17O3Si/c1-12(10-14-6-4-3-5-7-14)15(16)18-9-8-17-13(2)11-19/h3-7,10H,2,8-9,11H2,1H3. The predicted molar refractivity (Wildman–Crippen MR) is 76.7 cm³/mol. The fourth-order valence-corrected chi connectivity index (χ4v) is 1.45. The maximum Gasteiger partial charge on any atom is 0.333 e. The van der Waals surface area contributed by atoms with Crippen molar-refractivity contribution >= 4 is 22.3 Å². The van der Waals surface area contributed by atoms with Gasteiger partial charge in [0.2, 0.25) is 0 Å². The topological polar surface area (TPSA) is 35.5 Å². The highest BCUT2D eigenvalue weighted by Gasteiger charge is 2.05. The summed E-state index contributed by atoms with van der Waals surface area (Å²) in [7, 11) is 3.26. The van der Waals surface area contributed by atoms with Gasteiger partial charge in [0.25, 0.3) is 0 Å². The number of esters is 1. The van der Waals surface area contributed by atoms with Gasteiger partial charge >= 0.3 is 5.97 Å². The molecule has 0 atom stereocenters. The molecule has 3 radical (unpaired) electrons. The van der Waals surface area contributed by atoms with Crippen LogP contribution in [-0.2, 0) is 14.3 Å². The lowest BCUT2D eigenvalue weighted by molar-refractivity contribution is -0.140. The lowest BCUT2D eigenvalue weighted by Crippen LogP contribution is -2.11. The first-order valence-corrected chi connectivity index (χ1v) is 6.70. The number of ether oxygens (including phenoxy) is 2. The number of allylic oxidation sites excluding steroid dienone is 1. The molecule has 0 bridgehead atoms. The monoisotopic (exact) mass is 273 g/mol. The van der Waals surface area contributed by atoms with Crippen LogP contribution < -0.4 is 0 Å². The Morgan fingerprint density at radius 2 is 1.89 bits per heavy atom. The Morgan fingerprint density at radius 3 is 2.53 bits per heavy atom. The van der Waals surface area contributed by atoms with Crippen molar-refractivity contribution in [3.8, 4) is 0 Å². The Bertz CT molecular complexity index is 452. The number of hydrogen-bond donors (Lipinski definition) is 0. The van der Waals surface area contributed by atoms with E-state index >= 15 is 0 Å². The summed E-state index contributed by atoms with van der Waals surface area (Å²) in [6.07, 6.45) is 1.79. The van der Waals surface area contributed by atoms with E-state index in [0.717, 1.165) is 5.56 Å². The van der Waals surface area contributed by atoms with Gasteiger partial charge in [-0.1, -0.05) is 36.9 Å². The van der Waals surface area contributed by atoms with Crippen LogP contribution in [0.15, 0.2) is 48.2 Å². The summed E-state index contributed by atoms with van der Waals surface area (Å²) < 4.78 is 10.3. The van der Waals surface area contributed by atoms with Crippen LogP contribution >= 0.6 is 0 Å². The van der Waals surface area contributed by atoms with Gasteiger partial charge in [-0.3, -0.25) is 0 Å². The number of hydrogen-bond acceptors (Lipinski definition) is 3. The minimum atomic E-state index is -0.337. The van der Waals surface area contributed by atoms with Crippen LogP contribution in [0.4, 0.5) is 0 Å². The van der Waals surface area contributed by atoms with Gasteiger partial charge in [0.05, 0.1) is 5.76 Å². The molecule has 0 spiro atoms. The molecule has 0 N–H and O–H groups in total. The lowest BCUT2D eigenvalue weighted by atomic mass is 10.1. The van der Waals surface area contributed by atoms with Crippen LogP contribution in [0.3, 0.4) is 0 Å². The molecule has 0 saturated heterocycles. The van der Waals surface area contributed by atoms with Crippen LogP contribution in [0, 0.1) is 0 Å². The summed E-state index contributed by atoms with van der Waals surface area (Å²) in [5, 5.41) is 0. The minimum absolute atomic E-state index is 0.212. The van der Waals surface area contributed by atoms with Gasteiger partial charge < -0.3 is 9.47 Å². The molecule has 0 saturated carbocycles. The summed E-state index contributed by atoms with van der Waals surface area (Å²) in [6.45, 7) is 5.91. The summed E-state index contributed by atoms with van der Waals surface area (Å²) in [6, 6.07) is 10.2. The molecule has 3 nitrogen and oxygen atoms in total. The number of rotatable bonds is 7. The van der Waals surface area contributed by atoms with E-state index in [4.69, 9.17) is 9.47 Å². The summed E-state index contributed by atoms with van der Waals surface area (Å²) in [4.78, 5) is 11.7. The van der Waals surface area contributed by atoms with Crippen molar-refractivity contribution in [2.24, 2.45) is 0 Å². The predicted octanol–water partition coefficient (Wildman–Crippen LogP) is 2.75. The molecule has 19 heavy (non-hydrogen) atoms. The maximum absolute atomic E-state index is 11.7. The quantitative estimate of drug-likeness (QED) is 0.252. The van der Waals surface area contributed by atoms with Crippen LogP contribution in [0.5, 0.6) is 0 Å². The molecule has 4 heteroatoms. The first-order valence-electron chi connectivity index (χ1n) is 5.99. The Kier molecular flexibility index (Phi) is 6.67. The SMILES string of the molecule is C=C(C[Si])OCCOC(=O)C(C)=Cc1ccccc1. The molecule has 0 amide bonds. The van der Waals surface area contributed by atoms with Crippen molar-refractivity contribution in [1.29, 1.82) is 0 Å². The molecular weight excluding hydrogens is 256 g/mol. The van der Waals surface area contributed by atoms with E-state index in [1.54, 1.807) is 13.0 Å². The van der Waals surface area contributed by atoms with Crippen LogP contribution in [0.2, 0.25) is 6.04 Å². The van der Waals surface area contributed by atoms with E-state index in [0.29, 0.717) is 24.0 Å². The van der Waals surface area contributed by atoms with Gasteiger partial charge in [0.1, 0.15) is 13.2 Å². The molecule has 0 unspecified atom stereocenters. The molecule has 1 rings (SSSR count). The van der Waals surface area contributed by atoms with E-state index < -0.39 is 0 Å². The summed E-state index contributed by atoms with van der Waals surface area (Å²) in [5.41, 5.74) is 1.53. The van der Waals surface area contributed by atoms with Crippen molar-refractivity contribution in [3.63, 3.8) is 0 Å². The van der Waals surface area contributed by atoms with Crippen molar-refractivity contribution in [2.75, 3.05) is 13.2 Å². The Hall–Kier alpha value is -1.81. The average molecular weight is 273 g/mol. The second kappa shape index (κ2) is 8.32. The van der Waals surface area contributed by atoms with Gasteiger partial charge in [0.15, 0.2) is 0 Å². The zero-order valence-corrected chi connectivity index (χ0v) is 12.0. The normalized spacial score (nSPS) is 10.9. The van der Waals surface area contributed by atoms with E-state index in [1.807, 2.05) is 30.3 Å². The van der Waals surface area contributed by atoms with Gasteiger partial charge in [-0.2, -0.15) is 0 Å². The van der Waals surface area contributed by atoms with E-state index in [2.05, 4.69) is 16.8 Å². The molecular formula is C15H17O3Si. The number of carbonyl (C=O) groups excluding carboxylic acids is 1. The zero-order valence-electron chi connectivity index (χ0n) is 11.0.